The van der Waals surface area contributed by atoms with Gasteiger partial charge in [0.25, 0.3) is 0 Å². The van der Waals surface area contributed by atoms with Crippen molar-refractivity contribution in [3.8, 4) is 5.75 Å². The van der Waals surface area contributed by atoms with Crippen molar-refractivity contribution in [1.82, 2.24) is 0 Å². The Hall–Kier alpha value is 0.123. The van der Waals surface area contributed by atoms with Gasteiger partial charge < -0.3 is 4.74 Å². The largest absolute Gasteiger partial charge is 0.548 e. The van der Waals surface area contributed by atoms with E-state index in [2.05, 4.69) is 19.7 Å². The summed E-state index contributed by atoms with van der Waals surface area (Å²) >= 11 is 4.25. The summed E-state index contributed by atoms with van der Waals surface area (Å²) in [5, 5.41) is 0. The van der Waals surface area contributed by atoms with Crippen molar-refractivity contribution >= 4 is 13.6 Å². The second-order valence-electron chi connectivity index (χ2n) is 3.97. The third-order valence-corrected chi connectivity index (χ3v) is 2.78. The number of ether oxygens (including phenoxy) is 1. The van der Waals surface area contributed by atoms with Crippen LogP contribution in [0.5, 0.6) is 5.75 Å². The van der Waals surface area contributed by atoms with Gasteiger partial charge in [0.2, 0.25) is 0 Å². The van der Waals surface area contributed by atoms with Gasteiger partial charge in [-0.2, -0.15) is 18.2 Å². The molecule has 1 aliphatic carbocycles. The Bertz CT molecular complexity index is 258. The topological polar surface area (TPSA) is 9.23 Å². The Labute approximate surface area is 115 Å². The molecule has 1 aromatic carbocycles. The van der Waals surface area contributed by atoms with Gasteiger partial charge in [-0.25, -0.2) is 0 Å². The monoisotopic (exact) mass is 332 g/mol. The van der Waals surface area contributed by atoms with Crippen LogP contribution in [0.15, 0.2) is 24.3 Å². The maximum Gasteiger partial charge on any atom is 0.0823 e. The standard InChI is InChI=1S/C13H17O.BrH.Zn/c1-2-5-9-12(8-4-1)14-13-10-6-3-7-11-13;;/h3,6,10-12H,1-2,4-5,8-9H2;1H;/q-1;;+2/p-1. The summed E-state index contributed by atoms with van der Waals surface area (Å²) in [6.07, 6.45) is 8.27. The molecule has 1 aromatic rings. The van der Waals surface area contributed by atoms with Gasteiger partial charge in [-0.05, 0) is 25.7 Å². The summed E-state index contributed by atoms with van der Waals surface area (Å²) < 4.78 is 5.90. The Balaban J connectivity index is 0.000000606. The third-order valence-electron chi connectivity index (χ3n) is 2.78. The van der Waals surface area contributed by atoms with Crippen LogP contribution in [-0.2, 0) is 16.3 Å². The molecule has 2 rings (SSSR count). The predicted molar refractivity (Wildman–Crippen MR) is 66.3 cm³/mol. The molecule has 1 aliphatic rings. The zero-order chi connectivity index (χ0) is 11.6. The van der Waals surface area contributed by atoms with Crippen LogP contribution in [0.25, 0.3) is 0 Å². The van der Waals surface area contributed by atoms with E-state index < -0.39 is 0 Å². The first-order valence-electron chi connectivity index (χ1n) is 5.84. The molecule has 0 bridgehead atoms. The fraction of sp³-hybridized carbons (Fsp3) is 0.538. The van der Waals surface area contributed by atoms with E-state index in [1.807, 2.05) is 24.3 Å². The second kappa shape index (κ2) is 9.18. The molecule has 16 heavy (non-hydrogen) atoms. The third kappa shape index (κ3) is 5.45. The summed E-state index contributed by atoms with van der Waals surface area (Å²) in [6, 6.07) is 10.9. The SMILES string of the molecule is [Zn+][Br].[c-]1cccc(OC2CCCCCC2)c1. The van der Waals surface area contributed by atoms with E-state index in [-0.39, 0.29) is 0 Å². The molecule has 84 valence electrons. The average molecular weight is 335 g/mol. The van der Waals surface area contributed by atoms with Gasteiger partial charge in [0.1, 0.15) is 0 Å². The minimum Gasteiger partial charge on any atom is -0.548 e. The Morgan fingerprint density at radius 2 is 1.88 bits per heavy atom. The molecule has 3 heteroatoms. The average Bonchev–Trinajstić information content (AvgIpc) is 2.62. The maximum absolute atomic E-state index is 5.90. The van der Waals surface area contributed by atoms with Gasteiger partial charge >= 0.3 is 30.0 Å². The van der Waals surface area contributed by atoms with Crippen molar-refractivity contribution in [2.45, 2.75) is 44.6 Å². The van der Waals surface area contributed by atoms with Crippen molar-refractivity contribution in [3.63, 3.8) is 0 Å². The summed E-state index contributed by atoms with van der Waals surface area (Å²) in [6.45, 7) is 0. The predicted octanol–water partition coefficient (Wildman–Crippen LogP) is 4.43. The van der Waals surface area contributed by atoms with Crippen LogP contribution in [0.4, 0.5) is 0 Å². The first kappa shape index (κ1) is 14.2. The van der Waals surface area contributed by atoms with E-state index in [0.717, 1.165) is 5.75 Å². The molecule has 0 aliphatic heterocycles. The quantitative estimate of drug-likeness (QED) is 0.442. The van der Waals surface area contributed by atoms with Gasteiger partial charge in [-0.15, -0.1) is 12.1 Å². The van der Waals surface area contributed by atoms with E-state index >= 15 is 0 Å². The first-order valence-corrected chi connectivity index (χ1v) is 12.8. The number of halogens is 1. The molecule has 0 radical (unpaired) electrons. The molecule has 1 fully saturated rings. The van der Waals surface area contributed by atoms with Gasteiger partial charge in [-0.1, -0.05) is 12.8 Å². The molecule has 0 aromatic heterocycles. The molecular weight excluding hydrogens is 317 g/mol. The fourth-order valence-corrected chi connectivity index (χ4v) is 2.00. The van der Waals surface area contributed by atoms with Crippen LogP contribution in [-0.4, -0.2) is 6.10 Å². The van der Waals surface area contributed by atoms with E-state index in [1.165, 1.54) is 54.9 Å². The van der Waals surface area contributed by atoms with E-state index in [4.69, 9.17) is 4.74 Å². The van der Waals surface area contributed by atoms with E-state index in [9.17, 15) is 0 Å². The summed E-state index contributed by atoms with van der Waals surface area (Å²) in [5.74, 6) is 0.972. The molecule has 0 spiro atoms. The van der Waals surface area contributed by atoms with Gasteiger partial charge in [0.15, 0.2) is 0 Å². The van der Waals surface area contributed by atoms with Crippen molar-refractivity contribution in [2.24, 2.45) is 0 Å². The van der Waals surface area contributed by atoms with Gasteiger partial charge in [-0.3, -0.25) is 0 Å². The molecule has 0 N–H and O–H groups in total. The molecule has 0 saturated heterocycles. The molecule has 0 amide bonds. The maximum atomic E-state index is 5.90. The summed E-state index contributed by atoms with van der Waals surface area (Å²) in [7, 11) is 0. The Kier molecular flexibility index (Phi) is 8.14. The minimum atomic E-state index is 0.438. The molecule has 1 nitrogen and oxygen atoms in total. The first-order chi connectivity index (χ1) is 7.95. The molecule has 0 heterocycles. The minimum absolute atomic E-state index is 0.438. The Morgan fingerprint density at radius 3 is 2.44 bits per heavy atom. The van der Waals surface area contributed by atoms with Crippen molar-refractivity contribution < 1.29 is 21.1 Å². The zero-order valence-electron chi connectivity index (χ0n) is 9.62. The fourth-order valence-electron chi connectivity index (χ4n) is 2.00. The molecule has 0 atom stereocenters. The number of hydrogen-bond acceptors (Lipinski definition) is 1. The summed E-state index contributed by atoms with van der Waals surface area (Å²) in [5.41, 5.74) is 0. The van der Waals surface area contributed by atoms with E-state index in [1.54, 1.807) is 0 Å². The van der Waals surface area contributed by atoms with Crippen LogP contribution in [0.2, 0.25) is 0 Å². The van der Waals surface area contributed by atoms with Gasteiger partial charge in [0, 0.05) is 5.75 Å². The van der Waals surface area contributed by atoms with Gasteiger partial charge in [0.05, 0.1) is 6.10 Å². The number of benzene rings is 1. The van der Waals surface area contributed by atoms with Crippen molar-refractivity contribution in [3.05, 3.63) is 30.3 Å². The Morgan fingerprint density at radius 1 is 1.19 bits per heavy atom. The summed E-state index contributed by atoms with van der Waals surface area (Å²) in [4.78, 5) is 0. The van der Waals surface area contributed by atoms with Crippen LogP contribution < -0.4 is 4.74 Å². The van der Waals surface area contributed by atoms with Crippen LogP contribution in [0, 0.1) is 6.07 Å². The van der Waals surface area contributed by atoms with E-state index in [0.29, 0.717) is 6.10 Å². The number of rotatable bonds is 2. The van der Waals surface area contributed by atoms with Crippen LogP contribution >= 0.6 is 13.6 Å². The molecular formula is C13H17BrOZn. The van der Waals surface area contributed by atoms with Crippen LogP contribution in [0.1, 0.15) is 38.5 Å². The molecule has 0 unspecified atom stereocenters. The smallest absolute Gasteiger partial charge is 0.0823 e. The second-order valence-corrected chi connectivity index (χ2v) is 3.97. The van der Waals surface area contributed by atoms with Crippen molar-refractivity contribution in [2.75, 3.05) is 0 Å². The normalized spacial score (nSPS) is 16.9. The zero-order valence-corrected chi connectivity index (χ0v) is 14.2. The van der Waals surface area contributed by atoms with Crippen LogP contribution in [0.3, 0.4) is 0 Å². The number of hydrogen-bond donors (Lipinski definition) is 0. The molecule has 1 saturated carbocycles. The van der Waals surface area contributed by atoms with Crippen molar-refractivity contribution in [1.29, 1.82) is 0 Å².